The lowest BCUT2D eigenvalue weighted by molar-refractivity contribution is -0.116. The quantitative estimate of drug-likeness (QED) is 0.572. The monoisotopic (exact) mass is 455 g/mol. The summed E-state index contributed by atoms with van der Waals surface area (Å²) in [4.78, 5) is 24.4. The molecule has 0 saturated heterocycles. The third-order valence-electron chi connectivity index (χ3n) is 4.41. The molecule has 1 amide bonds. The van der Waals surface area contributed by atoms with E-state index in [2.05, 4.69) is 26.3 Å². The van der Waals surface area contributed by atoms with Crippen molar-refractivity contribution in [1.29, 1.82) is 0 Å². The van der Waals surface area contributed by atoms with Gasteiger partial charge in [0.05, 0.1) is 18.5 Å². The first-order valence-corrected chi connectivity index (χ1v) is 10.0. The van der Waals surface area contributed by atoms with Crippen molar-refractivity contribution in [2.24, 2.45) is 0 Å². The van der Waals surface area contributed by atoms with Crippen LogP contribution in [0, 0.1) is 6.92 Å². The largest absolute Gasteiger partial charge is 0.495 e. The van der Waals surface area contributed by atoms with Gasteiger partial charge in [-0.25, -0.2) is 4.68 Å². The standard InChI is InChI=1S/C22H22BrN3O3/c1-15-5-11-20(29-2)19(14-15)24-21(27)4-3-13-26-22(28)12-10-18(25-26)16-6-8-17(23)9-7-16/h5-12,14H,3-4,13H2,1-2H3,(H,24,27). The lowest BCUT2D eigenvalue weighted by Crippen LogP contribution is -2.23. The molecule has 0 fully saturated rings. The summed E-state index contributed by atoms with van der Waals surface area (Å²) in [6, 6.07) is 16.5. The number of halogens is 1. The minimum absolute atomic E-state index is 0.133. The molecule has 7 heteroatoms. The summed E-state index contributed by atoms with van der Waals surface area (Å²) >= 11 is 3.41. The van der Waals surface area contributed by atoms with E-state index in [0.29, 0.717) is 30.1 Å². The topological polar surface area (TPSA) is 73.2 Å². The molecule has 150 valence electrons. The second-order valence-corrected chi connectivity index (χ2v) is 7.56. The summed E-state index contributed by atoms with van der Waals surface area (Å²) in [5.74, 6) is 0.482. The Hall–Kier alpha value is -2.93. The zero-order valence-electron chi connectivity index (χ0n) is 16.3. The van der Waals surface area contributed by atoms with Crippen molar-refractivity contribution >= 4 is 27.5 Å². The fourth-order valence-electron chi connectivity index (χ4n) is 2.91. The van der Waals surface area contributed by atoms with Crippen LogP contribution in [-0.4, -0.2) is 22.8 Å². The molecular weight excluding hydrogens is 434 g/mol. The molecule has 6 nitrogen and oxygen atoms in total. The first-order valence-electron chi connectivity index (χ1n) is 9.25. The molecule has 1 N–H and O–H groups in total. The number of ether oxygens (including phenoxy) is 1. The third-order valence-corrected chi connectivity index (χ3v) is 4.94. The number of hydrogen-bond donors (Lipinski definition) is 1. The maximum absolute atomic E-state index is 12.3. The van der Waals surface area contributed by atoms with Gasteiger partial charge in [0, 0.05) is 29.1 Å². The van der Waals surface area contributed by atoms with Crippen LogP contribution in [0.15, 0.2) is 63.9 Å². The summed E-state index contributed by atoms with van der Waals surface area (Å²) in [6.45, 7) is 2.31. The van der Waals surface area contributed by atoms with Gasteiger partial charge in [-0.05, 0) is 49.2 Å². The molecule has 0 saturated carbocycles. The van der Waals surface area contributed by atoms with E-state index >= 15 is 0 Å². The Morgan fingerprint density at radius 2 is 1.90 bits per heavy atom. The smallest absolute Gasteiger partial charge is 0.266 e. The number of nitrogens with zero attached hydrogens (tertiary/aromatic N) is 2. The van der Waals surface area contributed by atoms with Gasteiger partial charge in [0.15, 0.2) is 0 Å². The second kappa shape index (κ2) is 9.52. The van der Waals surface area contributed by atoms with Crippen molar-refractivity contribution in [2.75, 3.05) is 12.4 Å². The molecule has 3 aromatic rings. The number of aromatic nitrogens is 2. The molecule has 0 unspecified atom stereocenters. The number of rotatable bonds is 7. The van der Waals surface area contributed by atoms with E-state index < -0.39 is 0 Å². The van der Waals surface area contributed by atoms with Gasteiger partial charge >= 0.3 is 0 Å². The molecule has 0 radical (unpaired) electrons. The number of benzene rings is 2. The summed E-state index contributed by atoms with van der Waals surface area (Å²) in [5.41, 5.74) is 3.12. The highest BCUT2D eigenvalue weighted by atomic mass is 79.9. The molecule has 0 spiro atoms. The first kappa shape index (κ1) is 20.8. The Labute approximate surface area is 177 Å². The van der Waals surface area contributed by atoms with Crippen LogP contribution < -0.4 is 15.6 Å². The van der Waals surface area contributed by atoms with Gasteiger partial charge in [-0.1, -0.05) is 34.1 Å². The number of nitrogens with one attached hydrogen (secondary N) is 1. The van der Waals surface area contributed by atoms with Crippen LogP contribution in [0.5, 0.6) is 5.75 Å². The molecule has 0 atom stereocenters. The summed E-state index contributed by atoms with van der Waals surface area (Å²) < 4.78 is 7.66. The van der Waals surface area contributed by atoms with E-state index in [4.69, 9.17) is 4.74 Å². The SMILES string of the molecule is COc1ccc(C)cc1NC(=O)CCCn1nc(-c2ccc(Br)cc2)ccc1=O. The number of aryl methyl sites for hydroxylation is 2. The van der Waals surface area contributed by atoms with Crippen molar-refractivity contribution in [3.63, 3.8) is 0 Å². The van der Waals surface area contributed by atoms with Crippen LogP contribution >= 0.6 is 15.9 Å². The summed E-state index contributed by atoms with van der Waals surface area (Å²) in [6.07, 6.45) is 0.768. The van der Waals surface area contributed by atoms with Gasteiger partial charge in [-0.2, -0.15) is 5.10 Å². The fourth-order valence-corrected chi connectivity index (χ4v) is 3.17. The van der Waals surface area contributed by atoms with E-state index in [1.54, 1.807) is 13.2 Å². The van der Waals surface area contributed by atoms with Crippen LogP contribution in [0.25, 0.3) is 11.3 Å². The Kier molecular flexibility index (Phi) is 6.82. The Morgan fingerprint density at radius 3 is 2.62 bits per heavy atom. The molecule has 0 aliphatic heterocycles. The van der Waals surface area contributed by atoms with Gasteiger partial charge in [0.1, 0.15) is 5.75 Å². The second-order valence-electron chi connectivity index (χ2n) is 6.64. The molecule has 1 aromatic heterocycles. The third kappa shape index (κ3) is 5.54. The minimum atomic E-state index is -0.188. The minimum Gasteiger partial charge on any atom is -0.495 e. The van der Waals surface area contributed by atoms with Gasteiger partial charge in [0.2, 0.25) is 5.91 Å². The lowest BCUT2D eigenvalue weighted by atomic mass is 10.1. The molecule has 0 aliphatic rings. The molecule has 3 rings (SSSR count). The van der Waals surface area contributed by atoms with Gasteiger partial charge in [-0.15, -0.1) is 0 Å². The van der Waals surface area contributed by atoms with Crippen LogP contribution in [-0.2, 0) is 11.3 Å². The van der Waals surface area contributed by atoms with Crippen molar-refractivity contribution in [3.8, 4) is 17.0 Å². The maximum atomic E-state index is 12.3. The summed E-state index contributed by atoms with van der Waals surface area (Å²) in [7, 11) is 1.57. The maximum Gasteiger partial charge on any atom is 0.266 e. The van der Waals surface area contributed by atoms with Crippen LogP contribution in [0.1, 0.15) is 18.4 Å². The van der Waals surface area contributed by atoms with E-state index in [1.807, 2.05) is 49.4 Å². The predicted molar refractivity (Wildman–Crippen MR) is 117 cm³/mol. The fraction of sp³-hybridized carbons (Fsp3) is 0.227. The number of methoxy groups -OCH3 is 1. The lowest BCUT2D eigenvalue weighted by Gasteiger charge is -2.11. The van der Waals surface area contributed by atoms with Crippen molar-refractivity contribution in [2.45, 2.75) is 26.3 Å². The predicted octanol–water partition coefficient (Wildman–Crippen LogP) is 4.41. The number of hydrogen-bond acceptors (Lipinski definition) is 4. The highest BCUT2D eigenvalue weighted by Crippen LogP contribution is 2.25. The molecular formula is C22H22BrN3O3. The first-order chi connectivity index (χ1) is 14.0. The van der Waals surface area contributed by atoms with Gasteiger partial charge in [0.25, 0.3) is 5.56 Å². The van der Waals surface area contributed by atoms with Crippen molar-refractivity contribution in [1.82, 2.24) is 9.78 Å². The van der Waals surface area contributed by atoms with Crippen molar-refractivity contribution in [3.05, 3.63) is 75.0 Å². The molecule has 2 aromatic carbocycles. The zero-order chi connectivity index (χ0) is 20.8. The highest BCUT2D eigenvalue weighted by Gasteiger charge is 2.09. The Balaban J connectivity index is 1.62. The van der Waals surface area contributed by atoms with E-state index in [1.165, 1.54) is 10.7 Å². The summed E-state index contributed by atoms with van der Waals surface area (Å²) in [5, 5.41) is 7.30. The van der Waals surface area contributed by atoms with Crippen molar-refractivity contribution < 1.29 is 9.53 Å². The van der Waals surface area contributed by atoms with Gasteiger partial charge in [-0.3, -0.25) is 9.59 Å². The van der Waals surface area contributed by atoms with E-state index in [0.717, 1.165) is 15.6 Å². The zero-order valence-corrected chi connectivity index (χ0v) is 17.9. The molecule has 29 heavy (non-hydrogen) atoms. The van der Waals surface area contributed by atoms with E-state index in [-0.39, 0.29) is 17.9 Å². The van der Waals surface area contributed by atoms with Crippen LogP contribution in [0.3, 0.4) is 0 Å². The normalized spacial score (nSPS) is 10.6. The van der Waals surface area contributed by atoms with Crippen LogP contribution in [0.2, 0.25) is 0 Å². The molecule has 1 heterocycles. The molecule has 0 aliphatic carbocycles. The number of amides is 1. The molecule has 0 bridgehead atoms. The van der Waals surface area contributed by atoms with Crippen LogP contribution in [0.4, 0.5) is 5.69 Å². The average Bonchev–Trinajstić information content (AvgIpc) is 2.70. The Morgan fingerprint density at radius 1 is 1.14 bits per heavy atom. The Bertz CT molecular complexity index is 1060. The average molecular weight is 456 g/mol. The number of anilines is 1. The number of carbonyl (C=O) groups is 1. The number of carbonyl (C=O) groups excluding carboxylic acids is 1. The van der Waals surface area contributed by atoms with E-state index in [9.17, 15) is 9.59 Å². The highest BCUT2D eigenvalue weighted by molar-refractivity contribution is 9.10. The van der Waals surface area contributed by atoms with Gasteiger partial charge < -0.3 is 10.1 Å².